The number of para-hydroxylation sites is 1. The SMILES string of the molecule is C[C@H]1CCN(C(=O)OC(C)(C)C)C[C@@H]1Nc1ncc(C(F)(F)F)c(-c2cn(S(=O)(=O)c3ccccc3)c3ccccc23)n1. The van der Waals surface area contributed by atoms with Gasteiger partial charge in [-0.2, -0.15) is 13.2 Å². The number of piperidine rings is 1. The van der Waals surface area contributed by atoms with Crippen molar-refractivity contribution in [1.82, 2.24) is 18.8 Å². The van der Waals surface area contributed by atoms with Gasteiger partial charge in [0.2, 0.25) is 5.95 Å². The molecule has 13 heteroatoms. The van der Waals surface area contributed by atoms with Gasteiger partial charge in [-0.3, -0.25) is 0 Å². The second-order valence-electron chi connectivity index (χ2n) is 11.6. The summed E-state index contributed by atoms with van der Waals surface area (Å²) >= 11 is 0. The Morgan fingerprint density at radius 3 is 2.40 bits per heavy atom. The van der Waals surface area contributed by atoms with Gasteiger partial charge in [0.1, 0.15) is 11.2 Å². The van der Waals surface area contributed by atoms with Gasteiger partial charge in [0.25, 0.3) is 10.0 Å². The van der Waals surface area contributed by atoms with Crippen LogP contribution in [0.5, 0.6) is 0 Å². The molecule has 0 spiro atoms. The number of nitrogens with one attached hydrogen (secondary N) is 1. The number of alkyl halides is 3. The van der Waals surface area contributed by atoms with Crippen molar-refractivity contribution in [1.29, 1.82) is 0 Å². The Kier molecular flexibility index (Phi) is 7.88. The zero-order chi connectivity index (χ0) is 31.2. The number of halogens is 3. The number of likely N-dealkylation sites (tertiary alicyclic amines) is 1. The van der Waals surface area contributed by atoms with E-state index >= 15 is 0 Å². The van der Waals surface area contributed by atoms with E-state index in [1.807, 2.05) is 6.92 Å². The predicted octanol–water partition coefficient (Wildman–Crippen LogP) is 6.41. The normalized spacial score (nSPS) is 18.1. The van der Waals surface area contributed by atoms with Crippen LogP contribution in [0.3, 0.4) is 0 Å². The summed E-state index contributed by atoms with van der Waals surface area (Å²) in [7, 11) is -4.14. The number of hydrogen-bond donors (Lipinski definition) is 1. The van der Waals surface area contributed by atoms with Crippen molar-refractivity contribution in [3.8, 4) is 11.3 Å². The highest BCUT2D eigenvalue weighted by atomic mass is 32.2. The Hall–Kier alpha value is -4.13. The van der Waals surface area contributed by atoms with Crippen LogP contribution < -0.4 is 5.32 Å². The van der Waals surface area contributed by atoms with Gasteiger partial charge in [-0.25, -0.2) is 27.2 Å². The number of carbonyl (C=O) groups excluding carboxylic acids is 1. The van der Waals surface area contributed by atoms with Gasteiger partial charge >= 0.3 is 12.3 Å². The fourth-order valence-electron chi connectivity index (χ4n) is 5.02. The molecule has 0 saturated carbocycles. The van der Waals surface area contributed by atoms with Crippen LogP contribution in [0.4, 0.5) is 23.9 Å². The number of amides is 1. The summed E-state index contributed by atoms with van der Waals surface area (Å²) in [5.41, 5.74) is -2.06. The molecule has 2 aromatic heterocycles. The van der Waals surface area contributed by atoms with E-state index < -0.39 is 39.2 Å². The number of carbonyl (C=O) groups is 1. The highest BCUT2D eigenvalue weighted by Gasteiger charge is 2.38. The van der Waals surface area contributed by atoms with Crippen molar-refractivity contribution in [2.75, 3.05) is 18.4 Å². The number of ether oxygens (including phenoxy) is 1. The van der Waals surface area contributed by atoms with Crippen molar-refractivity contribution in [2.24, 2.45) is 5.92 Å². The van der Waals surface area contributed by atoms with E-state index in [0.29, 0.717) is 19.2 Å². The van der Waals surface area contributed by atoms with E-state index in [0.717, 1.165) is 3.97 Å². The molecule has 3 heterocycles. The van der Waals surface area contributed by atoms with Gasteiger partial charge in [0, 0.05) is 42.5 Å². The molecule has 0 unspecified atom stereocenters. The third kappa shape index (κ3) is 6.31. The van der Waals surface area contributed by atoms with Gasteiger partial charge in [0.05, 0.1) is 16.1 Å². The lowest BCUT2D eigenvalue weighted by atomic mass is 9.94. The monoisotopic (exact) mass is 615 g/mol. The summed E-state index contributed by atoms with van der Waals surface area (Å²) in [4.78, 5) is 22.5. The van der Waals surface area contributed by atoms with Crippen LogP contribution in [0, 0.1) is 5.92 Å². The molecule has 228 valence electrons. The molecule has 1 aliphatic heterocycles. The molecule has 4 aromatic rings. The molecule has 0 bridgehead atoms. The average molecular weight is 616 g/mol. The second-order valence-corrected chi connectivity index (χ2v) is 13.4. The second kappa shape index (κ2) is 11.2. The van der Waals surface area contributed by atoms with Crippen LogP contribution in [0.15, 0.2) is 71.9 Å². The Labute approximate surface area is 247 Å². The minimum absolute atomic E-state index is 0.00998. The quantitative estimate of drug-likeness (QED) is 0.277. The van der Waals surface area contributed by atoms with Crippen molar-refractivity contribution in [3.05, 3.63) is 72.6 Å². The largest absolute Gasteiger partial charge is 0.444 e. The number of aromatic nitrogens is 3. The summed E-state index contributed by atoms with van der Waals surface area (Å²) < 4.78 is 76.5. The number of nitrogens with zero attached hydrogens (tertiary/aromatic N) is 4. The number of hydrogen-bond acceptors (Lipinski definition) is 7. The molecule has 1 N–H and O–H groups in total. The highest BCUT2D eigenvalue weighted by molar-refractivity contribution is 7.90. The lowest BCUT2D eigenvalue weighted by Crippen LogP contribution is -2.50. The number of anilines is 1. The minimum atomic E-state index is -4.82. The van der Waals surface area contributed by atoms with E-state index in [-0.39, 0.29) is 45.8 Å². The smallest absolute Gasteiger partial charge is 0.419 e. The Morgan fingerprint density at radius 2 is 1.72 bits per heavy atom. The number of rotatable bonds is 5. The number of benzene rings is 2. The molecule has 43 heavy (non-hydrogen) atoms. The third-order valence-corrected chi connectivity index (χ3v) is 8.94. The molecule has 2 atom stereocenters. The molecule has 2 aromatic carbocycles. The number of fused-ring (bicyclic) bond motifs is 1. The van der Waals surface area contributed by atoms with E-state index in [1.165, 1.54) is 24.4 Å². The minimum Gasteiger partial charge on any atom is -0.444 e. The van der Waals surface area contributed by atoms with Crippen molar-refractivity contribution in [3.63, 3.8) is 0 Å². The topological polar surface area (TPSA) is 106 Å². The standard InChI is InChI=1S/C30H32F3N5O4S/c1-19-14-15-37(28(39)42-29(2,3)4)18-24(19)35-27-34-16-23(30(31,32)33)26(36-27)22-17-38(25-13-9-8-12-21(22)25)43(40,41)20-10-6-5-7-11-20/h5-13,16-17,19,24H,14-15,18H2,1-4H3,(H,34,35,36)/t19-,24-/m0/s1. The molecule has 1 fully saturated rings. The van der Waals surface area contributed by atoms with Gasteiger partial charge < -0.3 is 15.0 Å². The molecule has 1 saturated heterocycles. The average Bonchev–Trinajstić information content (AvgIpc) is 3.34. The summed E-state index contributed by atoms with van der Waals surface area (Å²) in [6.07, 6.45) is -2.80. The van der Waals surface area contributed by atoms with Crippen LogP contribution in [0.2, 0.25) is 0 Å². The van der Waals surface area contributed by atoms with Crippen LogP contribution in [-0.4, -0.2) is 58.1 Å². The van der Waals surface area contributed by atoms with Crippen LogP contribution in [-0.2, 0) is 20.9 Å². The molecule has 0 aliphatic carbocycles. The molecule has 1 aliphatic rings. The van der Waals surface area contributed by atoms with Crippen molar-refractivity contribution >= 4 is 33.0 Å². The van der Waals surface area contributed by atoms with Gasteiger partial charge in [-0.05, 0) is 51.3 Å². The maximum absolute atomic E-state index is 14.3. The first kappa shape index (κ1) is 30.3. The van der Waals surface area contributed by atoms with E-state index in [1.54, 1.807) is 62.1 Å². The van der Waals surface area contributed by atoms with Gasteiger partial charge in [-0.15, -0.1) is 0 Å². The maximum Gasteiger partial charge on any atom is 0.419 e. The fraction of sp³-hybridized carbons (Fsp3) is 0.367. The molecule has 1 amide bonds. The molecule has 5 rings (SSSR count). The summed E-state index contributed by atoms with van der Waals surface area (Å²) in [5.74, 6) is -0.0282. The zero-order valence-corrected chi connectivity index (χ0v) is 24.9. The fourth-order valence-corrected chi connectivity index (χ4v) is 6.41. The lowest BCUT2D eigenvalue weighted by molar-refractivity contribution is -0.137. The van der Waals surface area contributed by atoms with Crippen molar-refractivity contribution < 1.29 is 31.1 Å². The molecule has 0 radical (unpaired) electrons. The summed E-state index contributed by atoms with van der Waals surface area (Å²) in [5, 5.41) is 3.39. The van der Waals surface area contributed by atoms with Crippen LogP contribution >= 0.6 is 0 Å². The molecular weight excluding hydrogens is 583 g/mol. The Bertz CT molecular complexity index is 1750. The first-order valence-corrected chi connectivity index (χ1v) is 15.2. The summed E-state index contributed by atoms with van der Waals surface area (Å²) in [6.45, 7) is 8.00. The zero-order valence-electron chi connectivity index (χ0n) is 24.1. The maximum atomic E-state index is 14.3. The van der Waals surface area contributed by atoms with Crippen LogP contribution in [0.1, 0.15) is 39.7 Å². The van der Waals surface area contributed by atoms with Crippen LogP contribution in [0.25, 0.3) is 22.2 Å². The van der Waals surface area contributed by atoms with E-state index in [9.17, 15) is 26.4 Å². The first-order valence-electron chi connectivity index (χ1n) is 13.7. The molecule has 9 nitrogen and oxygen atoms in total. The van der Waals surface area contributed by atoms with Crippen molar-refractivity contribution in [2.45, 2.75) is 56.8 Å². The predicted molar refractivity (Wildman–Crippen MR) is 156 cm³/mol. The van der Waals surface area contributed by atoms with Gasteiger partial charge in [0.15, 0.2) is 0 Å². The van der Waals surface area contributed by atoms with E-state index in [4.69, 9.17) is 4.74 Å². The lowest BCUT2D eigenvalue weighted by Gasteiger charge is -2.38. The first-order chi connectivity index (χ1) is 20.1. The Balaban J connectivity index is 1.56. The highest BCUT2D eigenvalue weighted by Crippen LogP contribution is 2.40. The van der Waals surface area contributed by atoms with Gasteiger partial charge in [-0.1, -0.05) is 43.3 Å². The Morgan fingerprint density at radius 1 is 1.05 bits per heavy atom. The van der Waals surface area contributed by atoms with E-state index in [2.05, 4.69) is 15.3 Å². The molecular formula is C30H32F3N5O4S. The third-order valence-electron chi connectivity index (χ3n) is 7.25. The summed E-state index contributed by atoms with van der Waals surface area (Å²) in [6, 6.07) is 13.6.